The molecular formula is C25H25F3N4O6S. The summed E-state index contributed by atoms with van der Waals surface area (Å²) in [4.78, 5) is 23.4. The van der Waals surface area contributed by atoms with Crippen molar-refractivity contribution >= 4 is 38.5 Å². The number of sulfonamides is 1. The summed E-state index contributed by atoms with van der Waals surface area (Å²) >= 11 is 0. The molecule has 208 valence electrons. The number of nitrogens with two attached hydrogens (primary N) is 1. The fourth-order valence-corrected chi connectivity index (χ4v) is 5.07. The van der Waals surface area contributed by atoms with E-state index in [1.165, 1.54) is 6.07 Å². The molecule has 0 spiro atoms. The average molecular weight is 567 g/mol. The lowest BCUT2D eigenvalue weighted by atomic mass is 10.1. The van der Waals surface area contributed by atoms with Gasteiger partial charge in [0, 0.05) is 18.7 Å². The number of carboxylic acid groups (broad SMARTS) is 1. The molecule has 4 rings (SSSR count). The first-order valence-electron chi connectivity index (χ1n) is 11.3. The second-order valence-electron chi connectivity index (χ2n) is 8.51. The number of hydrogen-bond donors (Lipinski definition) is 4. The van der Waals surface area contributed by atoms with Crippen LogP contribution in [-0.2, 0) is 26.2 Å². The van der Waals surface area contributed by atoms with Crippen LogP contribution in [0.15, 0.2) is 65.6 Å². The zero-order valence-electron chi connectivity index (χ0n) is 20.5. The maximum Gasteiger partial charge on any atom is 0.490 e. The molecule has 1 atom stereocenters. The zero-order valence-corrected chi connectivity index (χ0v) is 21.3. The van der Waals surface area contributed by atoms with Crippen LogP contribution in [-0.4, -0.2) is 62.0 Å². The number of carbonyl (C=O) groups excluding carboxylic acids is 1. The number of amides is 1. The lowest BCUT2D eigenvalue weighted by Gasteiger charge is -2.18. The Hall–Kier alpha value is -4.17. The summed E-state index contributed by atoms with van der Waals surface area (Å²) in [6.07, 6.45) is -4.70. The summed E-state index contributed by atoms with van der Waals surface area (Å²) in [7, 11) is -2.33. The summed E-state index contributed by atoms with van der Waals surface area (Å²) in [6, 6.07) is 16.6. The lowest BCUT2D eigenvalue weighted by Crippen LogP contribution is -2.41. The summed E-state index contributed by atoms with van der Waals surface area (Å²) in [6.45, 7) is 0.763. The van der Waals surface area contributed by atoms with Crippen LogP contribution >= 0.6 is 0 Å². The van der Waals surface area contributed by atoms with Gasteiger partial charge in [0.25, 0.3) is 0 Å². The van der Waals surface area contributed by atoms with E-state index in [0.717, 1.165) is 16.3 Å². The maximum absolute atomic E-state index is 13.0. The highest BCUT2D eigenvalue weighted by Crippen LogP contribution is 2.25. The molecule has 1 heterocycles. The summed E-state index contributed by atoms with van der Waals surface area (Å²) < 4.78 is 65.4. The van der Waals surface area contributed by atoms with Gasteiger partial charge in [0.1, 0.15) is 17.6 Å². The standard InChI is InChI=1S/C23H24N4O4S.C2HF3O2/c1-31-19-7-5-16-6-8-20(13-18(16)12-19)32(29,30)26-21-9-10-27(23(21)28)14-15-3-2-4-17(11-15)22(24)25;3-2(4,5)1(6)7/h2-8,11-13,21,26H,9-10,14H2,1H3,(H3,24,25);(H,6,7)/t21-;/m1./s1. The van der Waals surface area contributed by atoms with Crippen LogP contribution in [0.25, 0.3) is 10.8 Å². The quantitative estimate of drug-likeness (QED) is 0.252. The molecule has 1 saturated heterocycles. The summed E-state index contributed by atoms with van der Waals surface area (Å²) in [5.74, 6) is -2.44. The molecule has 0 saturated carbocycles. The van der Waals surface area contributed by atoms with Gasteiger partial charge in [-0.2, -0.15) is 17.9 Å². The molecule has 5 N–H and O–H groups in total. The Kier molecular flexibility index (Phi) is 8.81. The maximum atomic E-state index is 13.0. The van der Waals surface area contributed by atoms with E-state index >= 15 is 0 Å². The molecule has 3 aromatic carbocycles. The third-order valence-electron chi connectivity index (χ3n) is 5.78. The Morgan fingerprint density at radius 2 is 1.82 bits per heavy atom. The van der Waals surface area contributed by atoms with Crippen molar-refractivity contribution in [2.75, 3.05) is 13.7 Å². The predicted molar refractivity (Wildman–Crippen MR) is 136 cm³/mol. The fraction of sp³-hybridized carbons (Fsp3) is 0.240. The van der Waals surface area contributed by atoms with E-state index in [2.05, 4.69) is 4.72 Å². The van der Waals surface area contributed by atoms with E-state index in [1.54, 1.807) is 48.4 Å². The van der Waals surface area contributed by atoms with Crippen LogP contribution in [0.2, 0.25) is 0 Å². The van der Waals surface area contributed by atoms with Gasteiger partial charge in [-0.3, -0.25) is 10.2 Å². The molecule has 10 nitrogen and oxygen atoms in total. The van der Waals surface area contributed by atoms with Gasteiger partial charge >= 0.3 is 12.1 Å². The van der Waals surface area contributed by atoms with E-state index in [-0.39, 0.29) is 16.6 Å². The minimum absolute atomic E-state index is 0.0433. The Bertz CT molecular complexity index is 1510. The number of aliphatic carboxylic acids is 1. The molecule has 0 bridgehead atoms. The van der Waals surface area contributed by atoms with Gasteiger partial charge in [0.05, 0.1) is 12.0 Å². The number of benzene rings is 3. The first-order chi connectivity index (χ1) is 18.2. The largest absolute Gasteiger partial charge is 0.497 e. The van der Waals surface area contributed by atoms with E-state index in [1.807, 2.05) is 18.2 Å². The Balaban J connectivity index is 0.000000532. The van der Waals surface area contributed by atoms with E-state index in [0.29, 0.717) is 30.8 Å². The van der Waals surface area contributed by atoms with Crippen molar-refractivity contribution < 1.29 is 41.0 Å². The molecule has 0 aromatic heterocycles. The van der Waals surface area contributed by atoms with Crippen LogP contribution in [0.1, 0.15) is 17.5 Å². The molecule has 1 fully saturated rings. The molecule has 0 radical (unpaired) electrons. The number of rotatable bonds is 7. The fourth-order valence-electron chi connectivity index (χ4n) is 3.82. The minimum Gasteiger partial charge on any atom is -0.497 e. The number of alkyl halides is 3. The highest BCUT2D eigenvalue weighted by atomic mass is 32.2. The zero-order chi connectivity index (χ0) is 29.0. The minimum atomic E-state index is -5.08. The SMILES string of the molecule is COc1ccc2ccc(S(=O)(=O)N[C@@H]3CCN(Cc4cccc(C(=N)N)c4)C3=O)cc2c1.O=C(O)C(F)(F)F. The molecule has 3 aromatic rings. The monoisotopic (exact) mass is 566 g/mol. The van der Waals surface area contributed by atoms with Crippen LogP contribution < -0.4 is 15.2 Å². The molecule has 1 aliphatic heterocycles. The second kappa shape index (κ2) is 11.7. The van der Waals surface area contributed by atoms with Crippen molar-refractivity contribution in [3.05, 3.63) is 71.8 Å². The first kappa shape index (κ1) is 29.4. The number of hydrogen-bond acceptors (Lipinski definition) is 6. The van der Waals surface area contributed by atoms with Crippen LogP contribution in [0.4, 0.5) is 13.2 Å². The van der Waals surface area contributed by atoms with E-state index < -0.39 is 28.2 Å². The van der Waals surface area contributed by atoms with Crippen molar-refractivity contribution in [1.29, 1.82) is 5.41 Å². The van der Waals surface area contributed by atoms with Gasteiger partial charge in [-0.05, 0) is 53.1 Å². The third-order valence-corrected chi connectivity index (χ3v) is 7.25. The molecule has 0 aliphatic carbocycles. The number of ether oxygens (including phenoxy) is 1. The van der Waals surface area contributed by atoms with Crippen molar-refractivity contribution in [3.63, 3.8) is 0 Å². The molecule has 1 aliphatic rings. The van der Waals surface area contributed by atoms with Gasteiger partial charge < -0.3 is 20.5 Å². The number of methoxy groups -OCH3 is 1. The summed E-state index contributed by atoms with van der Waals surface area (Å²) in [5.41, 5.74) is 6.95. The van der Waals surface area contributed by atoms with Crippen molar-refractivity contribution in [2.45, 2.75) is 30.1 Å². The van der Waals surface area contributed by atoms with Gasteiger partial charge in [0.2, 0.25) is 15.9 Å². The predicted octanol–water partition coefficient (Wildman–Crippen LogP) is 2.85. The number of nitrogens with one attached hydrogen (secondary N) is 2. The smallest absolute Gasteiger partial charge is 0.490 e. The van der Waals surface area contributed by atoms with Gasteiger partial charge in [0.15, 0.2) is 0 Å². The lowest BCUT2D eigenvalue weighted by molar-refractivity contribution is -0.192. The van der Waals surface area contributed by atoms with Crippen molar-refractivity contribution in [1.82, 2.24) is 9.62 Å². The number of nitrogen functional groups attached to an aromatic ring is 1. The molecule has 0 unspecified atom stereocenters. The number of carbonyl (C=O) groups is 2. The van der Waals surface area contributed by atoms with Crippen LogP contribution in [0, 0.1) is 5.41 Å². The van der Waals surface area contributed by atoms with Gasteiger partial charge in [-0.25, -0.2) is 13.2 Å². The Morgan fingerprint density at radius 3 is 2.44 bits per heavy atom. The number of fused-ring (bicyclic) bond motifs is 1. The summed E-state index contributed by atoms with van der Waals surface area (Å²) in [5, 5.41) is 16.3. The van der Waals surface area contributed by atoms with E-state index in [9.17, 15) is 26.4 Å². The molecule has 1 amide bonds. The highest BCUT2D eigenvalue weighted by molar-refractivity contribution is 7.89. The van der Waals surface area contributed by atoms with E-state index in [4.69, 9.17) is 25.8 Å². The third kappa shape index (κ3) is 7.45. The molecule has 14 heteroatoms. The molecular weight excluding hydrogens is 541 g/mol. The Morgan fingerprint density at radius 1 is 1.15 bits per heavy atom. The average Bonchev–Trinajstić information content (AvgIpc) is 3.21. The Labute approximate surface area is 221 Å². The number of halogens is 3. The second-order valence-corrected chi connectivity index (χ2v) is 10.2. The topological polar surface area (TPSA) is 163 Å². The van der Waals surface area contributed by atoms with Gasteiger partial charge in [-0.1, -0.05) is 30.3 Å². The van der Waals surface area contributed by atoms with Gasteiger partial charge in [-0.15, -0.1) is 0 Å². The number of nitrogens with zero attached hydrogens (tertiary/aromatic N) is 1. The number of carboxylic acids is 1. The normalized spacial score (nSPS) is 15.5. The number of amidine groups is 1. The van der Waals surface area contributed by atoms with Crippen LogP contribution in [0.3, 0.4) is 0 Å². The van der Waals surface area contributed by atoms with Crippen molar-refractivity contribution in [3.8, 4) is 5.75 Å². The molecule has 39 heavy (non-hydrogen) atoms. The highest BCUT2D eigenvalue weighted by Gasteiger charge is 2.38. The van der Waals surface area contributed by atoms with Crippen molar-refractivity contribution in [2.24, 2.45) is 5.73 Å². The van der Waals surface area contributed by atoms with Crippen LogP contribution in [0.5, 0.6) is 5.75 Å². The first-order valence-corrected chi connectivity index (χ1v) is 12.8. The number of likely N-dealkylation sites (tertiary alicyclic amines) is 1.